The second-order valence-electron chi connectivity index (χ2n) is 5.35. The molecule has 0 aliphatic carbocycles. The molecule has 0 atom stereocenters. The number of nitrogens with one attached hydrogen (secondary N) is 2. The minimum atomic E-state index is -0.584. The van der Waals surface area contributed by atoms with E-state index < -0.39 is 5.91 Å². The lowest BCUT2D eigenvalue weighted by molar-refractivity contribution is -0.116. The smallest absolute Gasteiger partial charge is 0.274 e. The Morgan fingerprint density at radius 1 is 1.16 bits per heavy atom. The van der Waals surface area contributed by atoms with Gasteiger partial charge in [0, 0.05) is 11.6 Å². The molecule has 2 amide bonds. The summed E-state index contributed by atoms with van der Waals surface area (Å²) in [7, 11) is 0. The van der Waals surface area contributed by atoms with Crippen molar-refractivity contribution in [2.24, 2.45) is 0 Å². The zero-order chi connectivity index (χ0) is 18.1. The second-order valence-corrected chi connectivity index (χ2v) is 5.35. The predicted molar refractivity (Wildman–Crippen MR) is 94.4 cm³/mol. The van der Waals surface area contributed by atoms with Crippen molar-refractivity contribution in [2.45, 2.75) is 6.92 Å². The van der Waals surface area contributed by atoms with Crippen LogP contribution in [0.25, 0.3) is 6.08 Å². The van der Waals surface area contributed by atoms with Crippen LogP contribution in [0.15, 0.2) is 54.6 Å². The highest BCUT2D eigenvalue weighted by Crippen LogP contribution is 2.11. The Morgan fingerprint density at radius 2 is 1.92 bits per heavy atom. The highest BCUT2D eigenvalue weighted by atomic mass is 16.5. The molecular weight excluding hydrogens is 320 g/mol. The average Bonchev–Trinajstić information content (AvgIpc) is 2.63. The molecule has 0 spiro atoms. The van der Waals surface area contributed by atoms with E-state index in [0.29, 0.717) is 24.5 Å². The van der Waals surface area contributed by atoms with Crippen molar-refractivity contribution < 1.29 is 19.5 Å². The molecule has 2 aromatic rings. The van der Waals surface area contributed by atoms with E-state index in [1.54, 1.807) is 23.7 Å². The first-order valence-corrected chi connectivity index (χ1v) is 7.78. The van der Waals surface area contributed by atoms with Gasteiger partial charge in [-0.2, -0.15) is 0 Å². The summed E-state index contributed by atoms with van der Waals surface area (Å²) in [5.41, 5.74) is 3.99. The number of hydrogen-bond acceptors (Lipinski definition) is 4. The van der Waals surface area contributed by atoms with E-state index in [-0.39, 0.29) is 5.91 Å². The van der Waals surface area contributed by atoms with Gasteiger partial charge in [0.1, 0.15) is 12.4 Å². The number of rotatable bonds is 7. The maximum absolute atomic E-state index is 11.7. The van der Waals surface area contributed by atoms with Crippen LogP contribution in [-0.2, 0) is 4.79 Å². The Balaban J connectivity index is 1.71. The number of ether oxygens (including phenoxy) is 1. The van der Waals surface area contributed by atoms with E-state index in [4.69, 9.17) is 9.94 Å². The summed E-state index contributed by atoms with van der Waals surface area (Å²) >= 11 is 0. The largest absolute Gasteiger partial charge is 0.492 e. The summed E-state index contributed by atoms with van der Waals surface area (Å²) in [6, 6.07) is 14.2. The Bertz CT molecular complexity index is 754. The molecule has 130 valence electrons. The molecule has 25 heavy (non-hydrogen) atoms. The molecule has 0 aliphatic rings. The normalized spacial score (nSPS) is 10.5. The summed E-state index contributed by atoms with van der Waals surface area (Å²) < 4.78 is 5.47. The Labute approximate surface area is 146 Å². The van der Waals surface area contributed by atoms with E-state index >= 15 is 0 Å². The number of aryl methyl sites for hydroxylation is 1. The number of amides is 2. The number of hydroxylamine groups is 1. The lowest BCUT2D eigenvalue weighted by Crippen LogP contribution is -2.26. The predicted octanol–water partition coefficient (Wildman–Crippen LogP) is 2.32. The van der Waals surface area contributed by atoms with Crippen molar-refractivity contribution in [1.82, 2.24) is 10.8 Å². The van der Waals surface area contributed by atoms with E-state index in [1.807, 2.05) is 31.2 Å². The summed E-state index contributed by atoms with van der Waals surface area (Å²) in [6.45, 7) is 2.66. The van der Waals surface area contributed by atoms with Crippen molar-refractivity contribution in [3.63, 3.8) is 0 Å². The third kappa shape index (κ3) is 6.12. The summed E-state index contributed by atoms with van der Waals surface area (Å²) in [5.74, 6) is -0.210. The third-order valence-electron chi connectivity index (χ3n) is 3.36. The van der Waals surface area contributed by atoms with E-state index in [2.05, 4.69) is 5.32 Å². The van der Waals surface area contributed by atoms with Gasteiger partial charge in [0.2, 0.25) is 5.91 Å². The van der Waals surface area contributed by atoms with Gasteiger partial charge in [-0.15, -0.1) is 0 Å². The van der Waals surface area contributed by atoms with Gasteiger partial charge in [0.25, 0.3) is 5.91 Å². The Kier molecular flexibility index (Phi) is 6.74. The van der Waals surface area contributed by atoms with Crippen LogP contribution in [-0.4, -0.2) is 30.2 Å². The first kappa shape index (κ1) is 18.2. The lowest BCUT2D eigenvalue weighted by Gasteiger charge is -2.07. The maximum Gasteiger partial charge on any atom is 0.274 e. The minimum absolute atomic E-state index is 0.194. The molecular formula is C19H20N2O4. The second kappa shape index (κ2) is 9.24. The van der Waals surface area contributed by atoms with Crippen molar-refractivity contribution in [2.75, 3.05) is 13.2 Å². The zero-order valence-electron chi connectivity index (χ0n) is 13.9. The van der Waals surface area contributed by atoms with Crippen LogP contribution in [0.3, 0.4) is 0 Å². The quantitative estimate of drug-likeness (QED) is 0.312. The first-order valence-electron chi connectivity index (χ1n) is 7.78. The molecule has 0 radical (unpaired) electrons. The van der Waals surface area contributed by atoms with Gasteiger partial charge in [-0.05, 0) is 42.8 Å². The molecule has 3 N–H and O–H groups in total. The van der Waals surface area contributed by atoms with E-state index in [0.717, 1.165) is 11.1 Å². The van der Waals surface area contributed by atoms with Crippen LogP contribution in [0.2, 0.25) is 0 Å². The van der Waals surface area contributed by atoms with Gasteiger partial charge >= 0.3 is 0 Å². The lowest BCUT2D eigenvalue weighted by atomic mass is 10.1. The number of carbonyl (C=O) groups is 2. The number of hydrogen-bond donors (Lipinski definition) is 3. The average molecular weight is 340 g/mol. The van der Waals surface area contributed by atoms with Crippen LogP contribution in [0, 0.1) is 6.92 Å². The molecule has 0 bridgehead atoms. The van der Waals surface area contributed by atoms with Gasteiger partial charge in [0.05, 0.1) is 6.54 Å². The summed E-state index contributed by atoms with van der Waals surface area (Å²) in [5, 5.41) is 11.3. The highest BCUT2D eigenvalue weighted by Gasteiger charge is 2.03. The van der Waals surface area contributed by atoms with Gasteiger partial charge in [0.15, 0.2) is 0 Å². The Morgan fingerprint density at radius 3 is 2.60 bits per heavy atom. The maximum atomic E-state index is 11.7. The third-order valence-corrected chi connectivity index (χ3v) is 3.36. The number of benzene rings is 2. The molecule has 0 saturated carbocycles. The van der Waals surface area contributed by atoms with E-state index in [1.165, 1.54) is 18.2 Å². The molecule has 0 fully saturated rings. The highest BCUT2D eigenvalue weighted by molar-refractivity contribution is 5.93. The molecule has 0 heterocycles. The molecule has 0 saturated heterocycles. The van der Waals surface area contributed by atoms with E-state index in [9.17, 15) is 9.59 Å². The first-order chi connectivity index (χ1) is 12.1. The fraction of sp³-hybridized carbons (Fsp3) is 0.158. The fourth-order valence-corrected chi connectivity index (χ4v) is 2.11. The zero-order valence-corrected chi connectivity index (χ0v) is 13.9. The molecule has 6 nitrogen and oxygen atoms in total. The molecule has 6 heteroatoms. The Hall–Kier alpha value is -3.12. The van der Waals surface area contributed by atoms with Crippen molar-refractivity contribution in [3.05, 3.63) is 71.3 Å². The van der Waals surface area contributed by atoms with Crippen LogP contribution in [0.4, 0.5) is 0 Å². The monoisotopic (exact) mass is 340 g/mol. The topological polar surface area (TPSA) is 87.7 Å². The van der Waals surface area contributed by atoms with Gasteiger partial charge in [-0.1, -0.05) is 29.8 Å². The van der Waals surface area contributed by atoms with Gasteiger partial charge < -0.3 is 10.1 Å². The van der Waals surface area contributed by atoms with Gasteiger partial charge in [-0.25, -0.2) is 5.48 Å². The summed E-state index contributed by atoms with van der Waals surface area (Å²) in [6.07, 6.45) is 3.24. The van der Waals surface area contributed by atoms with Crippen molar-refractivity contribution in [3.8, 4) is 5.75 Å². The standard InChI is InChI=1S/C19H20N2O4/c1-14-3-2-4-15(13-14)5-10-18(22)20-11-12-25-17-8-6-16(7-9-17)19(23)21-24/h2-10,13,24H,11-12H2,1H3,(H,20,22)(H,21,23). The van der Waals surface area contributed by atoms with Crippen LogP contribution in [0.5, 0.6) is 5.75 Å². The molecule has 0 aromatic heterocycles. The molecule has 2 aromatic carbocycles. The molecule has 0 unspecified atom stereocenters. The van der Waals surface area contributed by atoms with Crippen LogP contribution >= 0.6 is 0 Å². The minimum Gasteiger partial charge on any atom is -0.492 e. The SMILES string of the molecule is Cc1cccc(C=CC(=O)NCCOc2ccc(C(=O)NO)cc2)c1. The van der Waals surface area contributed by atoms with Crippen molar-refractivity contribution in [1.29, 1.82) is 0 Å². The number of carbonyl (C=O) groups excluding carboxylic acids is 2. The molecule has 0 aliphatic heterocycles. The molecule has 2 rings (SSSR count). The van der Waals surface area contributed by atoms with Crippen LogP contribution in [0.1, 0.15) is 21.5 Å². The van der Waals surface area contributed by atoms with Crippen molar-refractivity contribution >= 4 is 17.9 Å². The summed E-state index contributed by atoms with van der Waals surface area (Å²) in [4.78, 5) is 22.9. The fourth-order valence-electron chi connectivity index (χ4n) is 2.11. The van der Waals surface area contributed by atoms with Gasteiger partial charge in [-0.3, -0.25) is 14.8 Å². The van der Waals surface area contributed by atoms with Crippen LogP contribution < -0.4 is 15.5 Å².